The highest BCUT2D eigenvalue weighted by atomic mass is 19.1. The number of anilines is 1. The van der Waals surface area contributed by atoms with Crippen LogP contribution in [0, 0.1) is 5.82 Å². The van der Waals surface area contributed by atoms with E-state index in [1.165, 1.54) is 12.1 Å². The molecule has 4 rings (SSSR count). The van der Waals surface area contributed by atoms with Gasteiger partial charge in [0.25, 0.3) is 0 Å². The summed E-state index contributed by atoms with van der Waals surface area (Å²) in [6.45, 7) is 0. The molecule has 3 aromatic heterocycles. The molecular weight excluding hydrogens is 321 g/mol. The Labute approximate surface area is 142 Å². The van der Waals surface area contributed by atoms with Crippen molar-refractivity contribution >= 4 is 17.9 Å². The maximum Gasteiger partial charge on any atom is 0.212 e. The van der Waals surface area contributed by atoms with Crippen LogP contribution in [0.25, 0.3) is 28.0 Å². The van der Waals surface area contributed by atoms with Gasteiger partial charge in [0.05, 0.1) is 6.20 Å². The average Bonchev–Trinajstić information content (AvgIpc) is 3.19. The van der Waals surface area contributed by atoms with Crippen molar-refractivity contribution in [1.29, 1.82) is 0 Å². The lowest BCUT2D eigenvalue weighted by Crippen LogP contribution is -1.98. The Morgan fingerprint density at radius 3 is 2.60 bits per heavy atom. The lowest BCUT2D eigenvalue weighted by atomic mass is 10.0. The molecule has 0 bridgehead atoms. The number of imidazole rings is 1. The summed E-state index contributed by atoms with van der Waals surface area (Å²) < 4.78 is 16.7. The fourth-order valence-electron chi connectivity index (χ4n) is 2.83. The van der Waals surface area contributed by atoms with Crippen LogP contribution < -0.4 is 5.32 Å². The van der Waals surface area contributed by atoms with Gasteiger partial charge in [-0.3, -0.25) is 13.9 Å². The molecule has 0 unspecified atom stereocenters. The molecule has 7 heteroatoms. The minimum atomic E-state index is -0.286. The number of pyridine rings is 1. The molecule has 1 N–H and O–H groups in total. The third-order valence-corrected chi connectivity index (χ3v) is 3.97. The summed E-state index contributed by atoms with van der Waals surface area (Å²) in [6.07, 6.45) is 6.00. The van der Waals surface area contributed by atoms with Crippen molar-refractivity contribution in [2.45, 2.75) is 0 Å². The van der Waals surface area contributed by atoms with Crippen molar-refractivity contribution in [3.63, 3.8) is 0 Å². The SMILES string of the molecule is Cn1cc(-c2ccc3ncc(NC=O)n3c2)c(-c2ccc(F)cc2)n1. The predicted molar refractivity (Wildman–Crippen MR) is 92.5 cm³/mol. The molecule has 0 spiro atoms. The van der Waals surface area contributed by atoms with Gasteiger partial charge in [0.1, 0.15) is 23.0 Å². The molecule has 25 heavy (non-hydrogen) atoms. The van der Waals surface area contributed by atoms with Crippen molar-refractivity contribution in [2.75, 3.05) is 5.32 Å². The zero-order chi connectivity index (χ0) is 17.4. The van der Waals surface area contributed by atoms with E-state index in [0.717, 1.165) is 28.0 Å². The number of halogens is 1. The van der Waals surface area contributed by atoms with E-state index in [4.69, 9.17) is 0 Å². The van der Waals surface area contributed by atoms with Crippen LogP contribution in [-0.4, -0.2) is 25.6 Å². The molecule has 0 atom stereocenters. The second-order valence-electron chi connectivity index (χ2n) is 5.62. The topological polar surface area (TPSA) is 64.2 Å². The number of carbonyl (C=O) groups excluding carboxylic acids is 1. The van der Waals surface area contributed by atoms with Gasteiger partial charge in [-0.25, -0.2) is 9.37 Å². The molecule has 1 amide bonds. The van der Waals surface area contributed by atoms with Crippen molar-refractivity contribution in [3.8, 4) is 22.4 Å². The molecule has 0 saturated heterocycles. The predicted octanol–water partition coefficient (Wildman–Crippen LogP) is 3.11. The van der Waals surface area contributed by atoms with Crippen LogP contribution in [-0.2, 0) is 11.8 Å². The molecule has 0 radical (unpaired) electrons. The molecule has 0 aliphatic rings. The fourth-order valence-corrected chi connectivity index (χ4v) is 2.83. The number of carbonyl (C=O) groups is 1. The molecule has 4 aromatic rings. The van der Waals surface area contributed by atoms with Crippen LogP contribution in [0.2, 0.25) is 0 Å². The third kappa shape index (κ3) is 2.65. The van der Waals surface area contributed by atoms with Crippen LogP contribution in [0.1, 0.15) is 0 Å². The van der Waals surface area contributed by atoms with Gasteiger partial charge in [-0.15, -0.1) is 0 Å². The number of hydrogen-bond acceptors (Lipinski definition) is 3. The molecule has 0 saturated carbocycles. The van der Waals surface area contributed by atoms with E-state index in [1.807, 2.05) is 31.6 Å². The van der Waals surface area contributed by atoms with Gasteiger partial charge >= 0.3 is 0 Å². The largest absolute Gasteiger partial charge is 0.313 e. The number of hydrogen-bond donors (Lipinski definition) is 1. The monoisotopic (exact) mass is 335 g/mol. The van der Waals surface area contributed by atoms with E-state index in [0.29, 0.717) is 12.2 Å². The van der Waals surface area contributed by atoms with Crippen molar-refractivity contribution in [3.05, 3.63) is 60.8 Å². The van der Waals surface area contributed by atoms with E-state index >= 15 is 0 Å². The number of rotatable bonds is 4. The Kier molecular flexibility index (Phi) is 3.53. The van der Waals surface area contributed by atoms with Crippen LogP contribution in [0.15, 0.2) is 55.0 Å². The van der Waals surface area contributed by atoms with Gasteiger partial charge in [0.2, 0.25) is 6.41 Å². The van der Waals surface area contributed by atoms with Gasteiger partial charge in [0.15, 0.2) is 0 Å². The van der Waals surface area contributed by atoms with E-state index in [2.05, 4.69) is 15.4 Å². The first kappa shape index (κ1) is 15.1. The number of amides is 1. The molecule has 0 fully saturated rings. The highest BCUT2D eigenvalue weighted by Gasteiger charge is 2.14. The van der Waals surface area contributed by atoms with E-state index in [1.54, 1.807) is 27.4 Å². The summed E-state index contributed by atoms with van der Waals surface area (Å²) in [5.41, 5.74) is 4.12. The van der Waals surface area contributed by atoms with E-state index in [9.17, 15) is 9.18 Å². The van der Waals surface area contributed by atoms with Crippen molar-refractivity contribution < 1.29 is 9.18 Å². The first-order valence-electron chi connectivity index (χ1n) is 7.63. The van der Waals surface area contributed by atoms with E-state index < -0.39 is 0 Å². The van der Waals surface area contributed by atoms with Gasteiger partial charge < -0.3 is 5.32 Å². The second kappa shape index (κ2) is 5.86. The molecule has 124 valence electrons. The first-order valence-corrected chi connectivity index (χ1v) is 7.63. The standard InChI is InChI=1S/C18H14FN5O/c1-23-10-15(18(22-23)12-2-5-14(19)6-3-12)13-4-7-16-20-8-17(21-11-25)24(16)9-13/h2-11H,1H3,(H,21,25). The molecule has 3 heterocycles. The zero-order valence-electron chi connectivity index (χ0n) is 13.3. The number of nitrogens with zero attached hydrogens (tertiary/aromatic N) is 4. The Hall–Kier alpha value is -3.48. The fraction of sp³-hybridized carbons (Fsp3) is 0.0556. The number of aryl methyl sites for hydroxylation is 1. The normalized spacial score (nSPS) is 11.0. The maximum atomic E-state index is 13.2. The molecule has 0 aliphatic carbocycles. The Bertz CT molecular complexity index is 1060. The Balaban J connectivity index is 1.87. The summed E-state index contributed by atoms with van der Waals surface area (Å²) in [4.78, 5) is 15.0. The summed E-state index contributed by atoms with van der Waals surface area (Å²) in [5, 5.41) is 7.14. The van der Waals surface area contributed by atoms with Crippen LogP contribution >= 0.6 is 0 Å². The van der Waals surface area contributed by atoms with Crippen molar-refractivity contribution in [1.82, 2.24) is 19.2 Å². The van der Waals surface area contributed by atoms with Gasteiger partial charge in [-0.1, -0.05) is 0 Å². The van der Waals surface area contributed by atoms with Gasteiger partial charge in [-0.2, -0.15) is 5.10 Å². The zero-order valence-corrected chi connectivity index (χ0v) is 13.3. The molecular formula is C18H14FN5O. The molecule has 1 aromatic carbocycles. The van der Waals surface area contributed by atoms with Gasteiger partial charge in [0, 0.05) is 36.1 Å². The highest BCUT2D eigenvalue weighted by Crippen LogP contribution is 2.31. The summed E-state index contributed by atoms with van der Waals surface area (Å²) in [7, 11) is 1.84. The number of benzene rings is 1. The van der Waals surface area contributed by atoms with Crippen LogP contribution in [0.5, 0.6) is 0 Å². The average molecular weight is 335 g/mol. The smallest absolute Gasteiger partial charge is 0.212 e. The minimum Gasteiger partial charge on any atom is -0.313 e. The third-order valence-electron chi connectivity index (χ3n) is 3.97. The Morgan fingerprint density at radius 1 is 1.08 bits per heavy atom. The van der Waals surface area contributed by atoms with E-state index in [-0.39, 0.29) is 5.82 Å². The quantitative estimate of drug-likeness (QED) is 0.583. The Morgan fingerprint density at radius 2 is 1.84 bits per heavy atom. The maximum absolute atomic E-state index is 13.2. The summed E-state index contributed by atoms with van der Waals surface area (Å²) in [6, 6.07) is 10.0. The second-order valence-corrected chi connectivity index (χ2v) is 5.62. The highest BCUT2D eigenvalue weighted by molar-refractivity contribution is 5.81. The van der Waals surface area contributed by atoms with Crippen LogP contribution in [0.3, 0.4) is 0 Å². The minimum absolute atomic E-state index is 0.286. The molecule has 6 nitrogen and oxygen atoms in total. The number of fused-ring (bicyclic) bond motifs is 1. The number of aromatic nitrogens is 4. The van der Waals surface area contributed by atoms with Crippen LogP contribution in [0.4, 0.5) is 10.2 Å². The number of nitrogens with one attached hydrogen (secondary N) is 1. The summed E-state index contributed by atoms with van der Waals surface area (Å²) in [5.74, 6) is 0.296. The lowest BCUT2D eigenvalue weighted by molar-refractivity contribution is -0.105. The summed E-state index contributed by atoms with van der Waals surface area (Å²) >= 11 is 0. The molecule has 0 aliphatic heterocycles. The van der Waals surface area contributed by atoms with Crippen molar-refractivity contribution in [2.24, 2.45) is 7.05 Å². The first-order chi connectivity index (χ1) is 12.2. The lowest BCUT2D eigenvalue weighted by Gasteiger charge is -2.05. The van der Waals surface area contributed by atoms with Gasteiger partial charge in [-0.05, 0) is 36.4 Å².